The highest BCUT2D eigenvalue weighted by molar-refractivity contribution is 5.78. The van der Waals surface area contributed by atoms with Crippen molar-refractivity contribution in [3.8, 4) is 0 Å². The lowest BCUT2D eigenvalue weighted by Gasteiger charge is -2.42. The molecule has 1 saturated carbocycles. The molecule has 1 aromatic rings. The Morgan fingerprint density at radius 2 is 2.09 bits per heavy atom. The number of fused-ring (bicyclic) bond motifs is 2. The smallest absolute Gasteiger partial charge is 0.223 e. The van der Waals surface area contributed by atoms with Crippen LogP contribution in [0.5, 0.6) is 0 Å². The van der Waals surface area contributed by atoms with Gasteiger partial charge in [0.05, 0.1) is 19.3 Å². The van der Waals surface area contributed by atoms with Crippen LogP contribution in [-0.2, 0) is 9.53 Å². The van der Waals surface area contributed by atoms with Crippen molar-refractivity contribution in [2.45, 2.75) is 44.6 Å². The van der Waals surface area contributed by atoms with Crippen LogP contribution in [0.2, 0.25) is 0 Å². The van der Waals surface area contributed by atoms with E-state index in [-0.39, 0.29) is 23.7 Å². The number of likely N-dealkylation sites (tertiary alicyclic amines) is 1. The highest BCUT2D eigenvalue weighted by Gasteiger charge is 2.58. The van der Waals surface area contributed by atoms with Gasteiger partial charge in [-0.2, -0.15) is 0 Å². The van der Waals surface area contributed by atoms with Crippen molar-refractivity contribution in [1.29, 1.82) is 0 Å². The Morgan fingerprint density at radius 1 is 1.35 bits per heavy atom. The monoisotopic (exact) mass is 317 g/mol. The molecule has 2 aliphatic heterocycles. The summed E-state index contributed by atoms with van der Waals surface area (Å²) in [5.41, 5.74) is 1.37. The fourth-order valence-electron chi connectivity index (χ4n) is 4.73. The number of hydrogen-bond acceptors (Lipinski definition) is 2. The Bertz CT molecular complexity index is 596. The Balaban J connectivity index is 1.45. The molecule has 124 valence electrons. The molecule has 4 heteroatoms. The number of hydrogen-bond donors (Lipinski definition) is 0. The van der Waals surface area contributed by atoms with Crippen LogP contribution in [0.3, 0.4) is 0 Å². The van der Waals surface area contributed by atoms with E-state index in [0.717, 1.165) is 18.7 Å². The van der Waals surface area contributed by atoms with Gasteiger partial charge in [-0.25, -0.2) is 4.39 Å². The van der Waals surface area contributed by atoms with Crippen molar-refractivity contribution in [2.24, 2.45) is 11.3 Å². The predicted molar refractivity (Wildman–Crippen MR) is 85.5 cm³/mol. The number of nitrogens with zero attached hydrogens (tertiary/aromatic N) is 1. The topological polar surface area (TPSA) is 29.5 Å². The van der Waals surface area contributed by atoms with Gasteiger partial charge in [-0.3, -0.25) is 4.79 Å². The molecule has 2 heterocycles. The summed E-state index contributed by atoms with van der Waals surface area (Å²) in [7, 11) is 0. The molecule has 2 saturated heterocycles. The van der Waals surface area contributed by atoms with Gasteiger partial charge in [0, 0.05) is 18.9 Å². The number of carbonyl (C=O) groups excluding carboxylic acids is 1. The van der Waals surface area contributed by atoms with Crippen molar-refractivity contribution >= 4 is 5.91 Å². The fraction of sp³-hybridized carbons (Fsp3) is 0.632. The van der Waals surface area contributed by atoms with E-state index >= 15 is 0 Å². The average molecular weight is 317 g/mol. The average Bonchev–Trinajstić information content (AvgIpc) is 3.07. The molecule has 1 aliphatic carbocycles. The van der Waals surface area contributed by atoms with Gasteiger partial charge in [-0.05, 0) is 41.9 Å². The second kappa shape index (κ2) is 5.59. The van der Waals surface area contributed by atoms with E-state index in [1.54, 1.807) is 12.1 Å². The largest absolute Gasteiger partial charge is 0.379 e. The molecule has 1 aromatic carbocycles. The Labute approximate surface area is 136 Å². The van der Waals surface area contributed by atoms with Gasteiger partial charge in [0.2, 0.25) is 5.91 Å². The third-order valence-electron chi connectivity index (χ3n) is 6.31. The van der Waals surface area contributed by atoms with Crippen LogP contribution in [0.25, 0.3) is 0 Å². The maximum atomic E-state index is 13.0. The minimum Gasteiger partial charge on any atom is -0.379 e. The Kier molecular flexibility index (Phi) is 3.67. The van der Waals surface area contributed by atoms with E-state index in [1.165, 1.54) is 31.4 Å². The van der Waals surface area contributed by atoms with Crippen LogP contribution in [0.4, 0.5) is 4.39 Å². The molecule has 0 aromatic heterocycles. The first-order valence-corrected chi connectivity index (χ1v) is 8.72. The van der Waals surface area contributed by atoms with Crippen LogP contribution < -0.4 is 0 Å². The number of halogens is 1. The van der Waals surface area contributed by atoms with Crippen molar-refractivity contribution < 1.29 is 13.9 Å². The predicted octanol–water partition coefficient (Wildman–Crippen LogP) is 3.35. The Morgan fingerprint density at radius 3 is 2.74 bits per heavy atom. The maximum absolute atomic E-state index is 13.0. The molecule has 1 amide bonds. The van der Waals surface area contributed by atoms with E-state index in [1.807, 2.05) is 6.92 Å². The highest BCUT2D eigenvalue weighted by atomic mass is 19.1. The van der Waals surface area contributed by atoms with E-state index in [4.69, 9.17) is 4.74 Å². The van der Waals surface area contributed by atoms with Crippen molar-refractivity contribution in [3.63, 3.8) is 0 Å². The second-order valence-electron chi connectivity index (χ2n) is 7.61. The van der Waals surface area contributed by atoms with E-state index in [9.17, 15) is 9.18 Å². The van der Waals surface area contributed by atoms with E-state index in [0.29, 0.717) is 24.4 Å². The van der Waals surface area contributed by atoms with Crippen molar-refractivity contribution in [1.82, 2.24) is 4.90 Å². The number of rotatable bonds is 3. The summed E-state index contributed by atoms with van der Waals surface area (Å²) in [4.78, 5) is 15.0. The first-order valence-electron chi connectivity index (χ1n) is 8.72. The lowest BCUT2D eigenvalue weighted by atomic mass is 9.62. The van der Waals surface area contributed by atoms with Crippen LogP contribution >= 0.6 is 0 Å². The summed E-state index contributed by atoms with van der Waals surface area (Å²) < 4.78 is 18.7. The second-order valence-corrected chi connectivity index (χ2v) is 7.61. The first-order chi connectivity index (χ1) is 11.1. The summed E-state index contributed by atoms with van der Waals surface area (Å²) in [5, 5.41) is 0. The summed E-state index contributed by atoms with van der Waals surface area (Å²) in [5.74, 6) is 0.652. The van der Waals surface area contributed by atoms with Crippen LogP contribution in [0, 0.1) is 17.2 Å². The summed E-state index contributed by atoms with van der Waals surface area (Å²) in [6.45, 7) is 4.48. The maximum Gasteiger partial charge on any atom is 0.223 e. The molecule has 23 heavy (non-hydrogen) atoms. The minimum absolute atomic E-state index is 0.113. The zero-order chi connectivity index (χ0) is 16.0. The first kappa shape index (κ1) is 15.1. The third kappa shape index (κ3) is 2.47. The molecule has 0 unspecified atom stereocenters. The molecule has 1 spiro atoms. The van der Waals surface area contributed by atoms with Gasteiger partial charge in [0.25, 0.3) is 0 Å². The van der Waals surface area contributed by atoms with E-state index in [2.05, 4.69) is 4.90 Å². The van der Waals surface area contributed by atoms with Gasteiger partial charge < -0.3 is 9.64 Å². The standard InChI is InChI=1S/C19H24FNO2/c1-13(14-3-5-15(20)6-4-14)9-18(22)21-12-19(7-2-8-19)16-10-23-11-17(16)21/h3-6,13,16-17H,2,7-12H2,1H3/t13-,16-,17-/m1/s1. The van der Waals surface area contributed by atoms with Crippen LogP contribution in [0.15, 0.2) is 24.3 Å². The molecular formula is C19H24FNO2. The molecule has 0 bridgehead atoms. The normalized spacial score (nSPS) is 29.4. The summed E-state index contributed by atoms with van der Waals surface area (Å²) in [6, 6.07) is 6.79. The van der Waals surface area contributed by atoms with Crippen LogP contribution in [-0.4, -0.2) is 36.6 Å². The van der Waals surface area contributed by atoms with E-state index < -0.39 is 0 Å². The molecule has 0 radical (unpaired) electrons. The SMILES string of the molecule is C[C@H](CC(=O)N1CC2(CCC2)[C@@H]2COC[C@H]21)c1ccc(F)cc1. The lowest BCUT2D eigenvalue weighted by Crippen LogP contribution is -2.40. The zero-order valence-corrected chi connectivity index (χ0v) is 13.6. The number of ether oxygens (including phenoxy) is 1. The molecule has 3 fully saturated rings. The quantitative estimate of drug-likeness (QED) is 0.855. The van der Waals surface area contributed by atoms with Crippen LogP contribution in [0.1, 0.15) is 44.1 Å². The molecule has 4 rings (SSSR count). The number of amides is 1. The van der Waals surface area contributed by atoms with Crippen molar-refractivity contribution in [3.05, 3.63) is 35.6 Å². The van der Waals surface area contributed by atoms with Gasteiger partial charge in [-0.1, -0.05) is 25.5 Å². The lowest BCUT2D eigenvalue weighted by molar-refractivity contribution is -0.133. The zero-order valence-electron chi connectivity index (χ0n) is 13.6. The fourth-order valence-corrected chi connectivity index (χ4v) is 4.73. The third-order valence-corrected chi connectivity index (χ3v) is 6.31. The summed E-state index contributed by atoms with van der Waals surface area (Å²) in [6.07, 6.45) is 4.27. The molecule has 3 nitrogen and oxygen atoms in total. The van der Waals surface area contributed by atoms with Gasteiger partial charge in [0.1, 0.15) is 5.82 Å². The van der Waals surface area contributed by atoms with Gasteiger partial charge in [-0.15, -0.1) is 0 Å². The number of carbonyl (C=O) groups is 1. The molecule has 0 N–H and O–H groups in total. The summed E-state index contributed by atoms with van der Waals surface area (Å²) >= 11 is 0. The Hall–Kier alpha value is -1.42. The van der Waals surface area contributed by atoms with Gasteiger partial charge >= 0.3 is 0 Å². The van der Waals surface area contributed by atoms with Crippen molar-refractivity contribution in [2.75, 3.05) is 19.8 Å². The molecule has 3 aliphatic rings. The molecule has 3 atom stereocenters. The van der Waals surface area contributed by atoms with Gasteiger partial charge in [0.15, 0.2) is 0 Å². The highest BCUT2D eigenvalue weighted by Crippen LogP contribution is 2.55. The minimum atomic E-state index is -0.232. The number of benzene rings is 1. The molecular weight excluding hydrogens is 293 g/mol.